The summed E-state index contributed by atoms with van der Waals surface area (Å²) in [6, 6.07) is 21.1. The van der Waals surface area contributed by atoms with Crippen LogP contribution >= 0.6 is 0 Å². The quantitative estimate of drug-likeness (QED) is 0.515. The molecule has 0 heterocycles. The van der Waals surface area contributed by atoms with E-state index in [1.54, 1.807) is 66.7 Å². The number of para-hydroxylation sites is 1. The van der Waals surface area contributed by atoms with E-state index in [0.29, 0.717) is 16.9 Å². The number of carbonyl (C=O) groups excluding carboxylic acids is 2. The van der Waals surface area contributed by atoms with E-state index in [9.17, 15) is 14.7 Å². The van der Waals surface area contributed by atoms with Crippen molar-refractivity contribution in [3.05, 3.63) is 90.0 Å². The lowest BCUT2D eigenvalue weighted by atomic mass is 10.2. The first-order valence-corrected chi connectivity index (χ1v) is 8.00. The van der Waals surface area contributed by atoms with E-state index in [0.717, 1.165) is 0 Å². The van der Waals surface area contributed by atoms with Gasteiger partial charge in [0, 0.05) is 0 Å². The molecule has 2 N–H and O–H groups in total. The summed E-state index contributed by atoms with van der Waals surface area (Å²) in [6.07, 6.45) is 0. The van der Waals surface area contributed by atoms with Gasteiger partial charge in [0.25, 0.3) is 5.91 Å². The molecule has 0 unspecified atom stereocenters. The molecule has 0 bridgehead atoms. The second kappa shape index (κ2) is 8.39. The van der Waals surface area contributed by atoms with Crippen molar-refractivity contribution in [2.24, 2.45) is 10.2 Å². The van der Waals surface area contributed by atoms with Crippen LogP contribution in [0.5, 0.6) is 5.75 Å². The van der Waals surface area contributed by atoms with Crippen LogP contribution < -0.4 is 5.48 Å². The molecule has 1 amide bonds. The summed E-state index contributed by atoms with van der Waals surface area (Å²) >= 11 is 0. The first-order valence-electron chi connectivity index (χ1n) is 8.00. The summed E-state index contributed by atoms with van der Waals surface area (Å²) in [5.74, 6) is -1.30. The predicted octanol–water partition coefficient (Wildman–Crippen LogP) is 4.50. The lowest BCUT2D eigenvalue weighted by molar-refractivity contribution is 0.0596. The molecule has 0 aromatic heterocycles. The number of aromatic hydroxyl groups is 1. The van der Waals surface area contributed by atoms with Gasteiger partial charge in [-0.2, -0.15) is 0 Å². The van der Waals surface area contributed by atoms with E-state index in [4.69, 9.17) is 4.84 Å². The second-order valence-electron chi connectivity index (χ2n) is 5.43. The van der Waals surface area contributed by atoms with Crippen LogP contribution in [0.15, 0.2) is 89.1 Å². The van der Waals surface area contributed by atoms with Gasteiger partial charge in [-0.3, -0.25) is 4.79 Å². The average molecular weight is 361 g/mol. The first-order chi connectivity index (χ1) is 13.1. The Balaban J connectivity index is 1.58. The summed E-state index contributed by atoms with van der Waals surface area (Å²) in [6.45, 7) is 0. The van der Waals surface area contributed by atoms with Gasteiger partial charge in [-0.05, 0) is 48.5 Å². The van der Waals surface area contributed by atoms with E-state index >= 15 is 0 Å². The van der Waals surface area contributed by atoms with Crippen molar-refractivity contribution >= 4 is 23.3 Å². The highest BCUT2D eigenvalue weighted by Gasteiger charge is 2.09. The fourth-order valence-electron chi connectivity index (χ4n) is 2.15. The molecule has 0 aliphatic heterocycles. The standard InChI is InChI=1S/C20H15N3O4/c24-18-9-5-4-8-17(18)19(25)22-21-15-10-12-16(13-11-15)23-27-20(26)14-6-2-1-3-7-14/h1-13,23-24H. The molecule has 3 rings (SSSR count). The SMILES string of the molecule is O=C(ONc1ccc(N=NC(=O)c2ccccc2O)cc1)c1ccccc1. The van der Waals surface area contributed by atoms with Crippen molar-refractivity contribution in [3.63, 3.8) is 0 Å². The molecule has 0 atom stereocenters. The van der Waals surface area contributed by atoms with Crippen molar-refractivity contribution in [1.82, 2.24) is 0 Å². The lowest BCUT2D eigenvalue weighted by Gasteiger charge is -2.06. The average Bonchev–Trinajstić information content (AvgIpc) is 2.72. The normalized spacial score (nSPS) is 10.5. The summed E-state index contributed by atoms with van der Waals surface area (Å²) in [5, 5.41) is 17.1. The minimum absolute atomic E-state index is 0.0763. The van der Waals surface area contributed by atoms with Crippen molar-refractivity contribution in [3.8, 4) is 5.75 Å². The zero-order chi connectivity index (χ0) is 19.1. The molecule has 0 radical (unpaired) electrons. The Bertz CT molecular complexity index is 970. The smallest absolute Gasteiger partial charge is 0.362 e. The molecule has 7 nitrogen and oxygen atoms in total. The molecule has 0 saturated heterocycles. The van der Waals surface area contributed by atoms with E-state index in [2.05, 4.69) is 15.7 Å². The van der Waals surface area contributed by atoms with E-state index < -0.39 is 11.9 Å². The van der Waals surface area contributed by atoms with Crippen molar-refractivity contribution in [2.45, 2.75) is 0 Å². The van der Waals surface area contributed by atoms with Crippen molar-refractivity contribution in [2.75, 3.05) is 5.48 Å². The van der Waals surface area contributed by atoms with Crippen molar-refractivity contribution < 1.29 is 19.5 Å². The molecular weight excluding hydrogens is 346 g/mol. The van der Waals surface area contributed by atoms with Gasteiger partial charge in [0.2, 0.25) is 0 Å². The van der Waals surface area contributed by atoms with Crippen LogP contribution in [0.25, 0.3) is 0 Å². The number of hydrogen-bond donors (Lipinski definition) is 2. The highest BCUT2D eigenvalue weighted by molar-refractivity contribution is 5.97. The summed E-state index contributed by atoms with van der Waals surface area (Å²) in [7, 11) is 0. The van der Waals surface area contributed by atoms with E-state index in [1.807, 2.05) is 0 Å². The molecule has 3 aromatic carbocycles. The van der Waals surface area contributed by atoms with Crippen LogP contribution in [0, 0.1) is 0 Å². The summed E-state index contributed by atoms with van der Waals surface area (Å²) in [4.78, 5) is 28.8. The fourth-order valence-corrected chi connectivity index (χ4v) is 2.15. The number of phenolic OH excluding ortho intramolecular Hbond substituents is 1. The zero-order valence-corrected chi connectivity index (χ0v) is 14.1. The minimum Gasteiger partial charge on any atom is -0.507 e. The fraction of sp³-hybridized carbons (Fsp3) is 0. The Kier molecular flexibility index (Phi) is 5.54. The van der Waals surface area contributed by atoms with Crippen LogP contribution in [0.3, 0.4) is 0 Å². The molecule has 7 heteroatoms. The van der Waals surface area contributed by atoms with E-state index in [1.165, 1.54) is 12.1 Å². The number of amides is 1. The molecule has 27 heavy (non-hydrogen) atoms. The monoisotopic (exact) mass is 361 g/mol. The predicted molar refractivity (Wildman–Crippen MR) is 98.9 cm³/mol. The number of nitrogens with zero attached hydrogens (tertiary/aromatic N) is 2. The number of anilines is 1. The zero-order valence-electron chi connectivity index (χ0n) is 14.1. The molecule has 0 fully saturated rings. The van der Waals surface area contributed by atoms with Gasteiger partial charge < -0.3 is 9.94 Å². The lowest BCUT2D eigenvalue weighted by Crippen LogP contribution is -2.10. The van der Waals surface area contributed by atoms with Crippen molar-refractivity contribution in [1.29, 1.82) is 0 Å². The van der Waals surface area contributed by atoms with Crippen LogP contribution in [-0.4, -0.2) is 17.0 Å². The molecule has 0 aliphatic carbocycles. The summed E-state index contributed by atoms with van der Waals surface area (Å²) < 4.78 is 0. The van der Waals surface area contributed by atoms with Crippen LogP contribution in [0.2, 0.25) is 0 Å². The minimum atomic E-state index is -0.646. The topological polar surface area (TPSA) is 100 Å². The Hall–Kier alpha value is -4.00. The summed E-state index contributed by atoms with van der Waals surface area (Å²) in [5.41, 5.74) is 4.01. The molecule has 134 valence electrons. The van der Waals surface area contributed by atoms with Gasteiger partial charge in [-0.15, -0.1) is 10.2 Å². The molecule has 3 aromatic rings. The Morgan fingerprint density at radius 1 is 0.852 bits per heavy atom. The Labute approximate surface area is 154 Å². The van der Waals surface area contributed by atoms with Crippen LogP contribution in [0.4, 0.5) is 11.4 Å². The van der Waals surface area contributed by atoms with Crippen LogP contribution in [0.1, 0.15) is 20.7 Å². The number of benzene rings is 3. The molecule has 0 spiro atoms. The van der Waals surface area contributed by atoms with Gasteiger partial charge in [-0.1, -0.05) is 30.3 Å². The maximum absolute atomic E-state index is 11.9. The van der Waals surface area contributed by atoms with E-state index in [-0.39, 0.29) is 11.3 Å². The number of rotatable bonds is 5. The largest absolute Gasteiger partial charge is 0.507 e. The maximum Gasteiger partial charge on any atom is 0.362 e. The third-order valence-corrected chi connectivity index (χ3v) is 3.53. The highest BCUT2D eigenvalue weighted by Crippen LogP contribution is 2.20. The van der Waals surface area contributed by atoms with Gasteiger partial charge in [0.15, 0.2) is 0 Å². The Morgan fingerprint density at radius 2 is 1.52 bits per heavy atom. The third kappa shape index (κ3) is 4.76. The van der Waals surface area contributed by atoms with Crippen LogP contribution in [-0.2, 0) is 4.84 Å². The number of carbonyl (C=O) groups is 2. The highest BCUT2D eigenvalue weighted by atomic mass is 16.7. The third-order valence-electron chi connectivity index (χ3n) is 3.53. The molecular formula is C20H15N3O4. The Morgan fingerprint density at radius 3 is 2.22 bits per heavy atom. The first kappa shape index (κ1) is 17.8. The van der Waals surface area contributed by atoms with Gasteiger partial charge in [-0.25, -0.2) is 10.3 Å². The number of azo groups is 1. The second-order valence-corrected chi connectivity index (χ2v) is 5.43. The number of nitrogens with one attached hydrogen (secondary N) is 1. The maximum atomic E-state index is 11.9. The molecule has 0 saturated carbocycles. The number of phenols is 1. The van der Waals surface area contributed by atoms with Gasteiger partial charge >= 0.3 is 5.97 Å². The number of hydrogen-bond acceptors (Lipinski definition) is 6. The molecule has 0 aliphatic rings. The van der Waals surface area contributed by atoms with Gasteiger partial charge in [0.05, 0.1) is 22.5 Å². The van der Waals surface area contributed by atoms with Gasteiger partial charge in [0.1, 0.15) is 5.75 Å².